The fourth-order valence-corrected chi connectivity index (χ4v) is 1.70. The van der Waals surface area contributed by atoms with Crippen LogP contribution in [0.3, 0.4) is 0 Å². The van der Waals surface area contributed by atoms with Crippen molar-refractivity contribution in [2.24, 2.45) is 0 Å². The van der Waals surface area contributed by atoms with Gasteiger partial charge in [0.2, 0.25) is 11.6 Å². The van der Waals surface area contributed by atoms with E-state index in [0.29, 0.717) is 6.08 Å². The first-order chi connectivity index (χ1) is 10.2. The first-order valence-corrected chi connectivity index (χ1v) is 5.38. The summed E-state index contributed by atoms with van der Waals surface area (Å²) in [7, 11) is 0. The molecule has 0 saturated heterocycles. The summed E-state index contributed by atoms with van der Waals surface area (Å²) in [5.74, 6) is -19.3. The SMILES string of the molecule is C=CC(=O)Oc1c(F)c(F)c2c(F)c(F)c(F)c(F)c2c1F. The number of benzene rings is 2. The molecule has 2 nitrogen and oxygen atoms in total. The van der Waals surface area contributed by atoms with E-state index in [1.54, 1.807) is 0 Å². The topological polar surface area (TPSA) is 26.3 Å². The number of hydrogen-bond acceptors (Lipinski definition) is 2. The number of carbonyl (C=O) groups is 1. The smallest absolute Gasteiger partial charge is 0.335 e. The second kappa shape index (κ2) is 5.32. The minimum absolute atomic E-state index is 0.448. The Morgan fingerprint density at radius 3 is 1.59 bits per heavy atom. The zero-order valence-corrected chi connectivity index (χ0v) is 10.2. The van der Waals surface area contributed by atoms with Crippen molar-refractivity contribution in [3.8, 4) is 5.75 Å². The van der Waals surface area contributed by atoms with Crippen LogP contribution in [-0.4, -0.2) is 5.97 Å². The third-order valence-corrected chi connectivity index (χ3v) is 2.67. The summed E-state index contributed by atoms with van der Waals surface area (Å²) in [6.45, 7) is 2.90. The van der Waals surface area contributed by atoms with E-state index in [9.17, 15) is 35.5 Å². The minimum Gasteiger partial charge on any atom is -0.417 e. The van der Waals surface area contributed by atoms with Crippen LogP contribution < -0.4 is 4.74 Å². The average molecular weight is 324 g/mol. The molecule has 0 atom stereocenters. The lowest BCUT2D eigenvalue weighted by Gasteiger charge is -2.11. The molecule has 22 heavy (non-hydrogen) atoms. The first-order valence-electron chi connectivity index (χ1n) is 5.38. The summed E-state index contributed by atoms with van der Waals surface area (Å²) in [6.07, 6.45) is 0.448. The molecule has 9 heteroatoms. The van der Waals surface area contributed by atoms with Crippen molar-refractivity contribution in [1.29, 1.82) is 0 Å². The van der Waals surface area contributed by atoms with Crippen molar-refractivity contribution in [3.05, 3.63) is 53.4 Å². The van der Waals surface area contributed by atoms with Gasteiger partial charge in [0.25, 0.3) is 0 Å². The van der Waals surface area contributed by atoms with Gasteiger partial charge in [0, 0.05) is 6.08 Å². The van der Waals surface area contributed by atoms with Gasteiger partial charge in [-0.2, -0.15) is 4.39 Å². The van der Waals surface area contributed by atoms with Crippen LogP contribution in [0.4, 0.5) is 30.7 Å². The molecular weight excluding hydrogens is 321 g/mol. The normalized spacial score (nSPS) is 10.9. The molecule has 0 saturated carbocycles. The summed E-state index contributed by atoms with van der Waals surface area (Å²) in [6, 6.07) is 0. The molecule has 0 aliphatic rings. The van der Waals surface area contributed by atoms with E-state index in [-0.39, 0.29) is 0 Å². The van der Waals surface area contributed by atoms with Gasteiger partial charge in [-0.05, 0) is 0 Å². The van der Waals surface area contributed by atoms with Crippen LogP contribution in [0.2, 0.25) is 0 Å². The highest BCUT2D eigenvalue weighted by atomic mass is 19.2. The van der Waals surface area contributed by atoms with Crippen LogP contribution >= 0.6 is 0 Å². The molecule has 0 heterocycles. The molecule has 0 unspecified atom stereocenters. The van der Waals surface area contributed by atoms with Gasteiger partial charge in [-0.25, -0.2) is 31.1 Å². The highest BCUT2D eigenvalue weighted by molar-refractivity contribution is 5.89. The van der Waals surface area contributed by atoms with Crippen LogP contribution in [-0.2, 0) is 4.79 Å². The van der Waals surface area contributed by atoms with Gasteiger partial charge in [0.15, 0.2) is 34.9 Å². The second-order valence-electron chi connectivity index (χ2n) is 3.90. The molecule has 116 valence electrons. The fourth-order valence-electron chi connectivity index (χ4n) is 1.70. The Balaban J connectivity index is 3.00. The molecule has 0 aromatic heterocycles. The number of fused-ring (bicyclic) bond motifs is 1. The molecule has 2 rings (SSSR count). The van der Waals surface area contributed by atoms with Crippen molar-refractivity contribution < 1.29 is 40.3 Å². The van der Waals surface area contributed by atoms with Gasteiger partial charge >= 0.3 is 5.97 Å². The lowest BCUT2D eigenvalue weighted by Crippen LogP contribution is -2.11. The fraction of sp³-hybridized carbons (Fsp3) is 0. The van der Waals surface area contributed by atoms with E-state index >= 15 is 0 Å². The van der Waals surface area contributed by atoms with Crippen LogP contribution in [0.15, 0.2) is 12.7 Å². The van der Waals surface area contributed by atoms with Crippen LogP contribution in [0.5, 0.6) is 5.75 Å². The molecule has 0 fully saturated rings. The third kappa shape index (κ3) is 2.09. The molecule has 0 bridgehead atoms. The molecule has 2 aromatic rings. The molecule has 0 spiro atoms. The van der Waals surface area contributed by atoms with E-state index < -0.39 is 63.2 Å². The maximum Gasteiger partial charge on any atom is 0.335 e. The number of carbonyl (C=O) groups excluding carboxylic acids is 1. The third-order valence-electron chi connectivity index (χ3n) is 2.67. The summed E-state index contributed by atoms with van der Waals surface area (Å²) in [5, 5.41) is -3.52. The van der Waals surface area contributed by atoms with Crippen LogP contribution in [0.1, 0.15) is 0 Å². The lowest BCUT2D eigenvalue weighted by molar-refractivity contribution is -0.129. The molecule has 0 aliphatic heterocycles. The van der Waals surface area contributed by atoms with Crippen LogP contribution in [0.25, 0.3) is 10.8 Å². The highest BCUT2D eigenvalue weighted by Crippen LogP contribution is 2.37. The van der Waals surface area contributed by atoms with Gasteiger partial charge in [0.1, 0.15) is 0 Å². The van der Waals surface area contributed by atoms with E-state index in [1.807, 2.05) is 0 Å². The molecular formula is C13H3F7O2. The summed E-state index contributed by atoms with van der Waals surface area (Å²) >= 11 is 0. The Labute approximate surface area is 117 Å². The van der Waals surface area contributed by atoms with Gasteiger partial charge < -0.3 is 4.74 Å². The van der Waals surface area contributed by atoms with Crippen LogP contribution in [0, 0.1) is 40.7 Å². The summed E-state index contributed by atoms with van der Waals surface area (Å²) in [5.41, 5.74) is 0. The maximum atomic E-state index is 13.9. The Morgan fingerprint density at radius 2 is 1.14 bits per heavy atom. The zero-order valence-electron chi connectivity index (χ0n) is 10.2. The van der Waals surface area contributed by atoms with E-state index in [2.05, 4.69) is 11.3 Å². The van der Waals surface area contributed by atoms with Crippen molar-refractivity contribution in [3.63, 3.8) is 0 Å². The van der Waals surface area contributed by atoms with Gasteiger partial charge in [-0.15, -0.1) is 0 Å². The number of hydrogen-bond donors (Lipinski definition) is 0. The summed E-state index contributed by atoms with van der Waals surface area (Å²) in [4.78, 5) is 10.9. The maximum absolute atomic E-state index is 13.9. The average Bonchev–Trinajstić information content (AvgIpc) is 2.50. The Morgan fingerprint density at radius 1 is 0.727 bits per heavy atom. The molecule has 0 N–H and O–H groups in total. The van der Waals surface area contributed by atoms with Crippen molar-refractivity contribution in [2.75, 3.05) is 0 Å². The predicted molar refractivity (Wildman–Crippen MR) is 59.5 cm³/mol. The van der Waals surface area contributed by atoms with E-state index in [4.69, 9.17) is 0 Å². The molecule has 0 aliphatic carbocycles. The Kier molecular flexibility index (Phi) is 3.82. The number of ether oxygens (including phenoxy) is 1. The molecule has 0 radical (unpaired) electrons. The number of rotatable bonds is 2. The lowest BCUT2D eigenvalue weighted by atomic mass is 10.1. The molecule has 2 aromatic carbocycles. The number of esters is 1. The van der Waals surface area contributed by atoms with Gasteiger partial charge in [-0.1, -0.05) is 6.58 Å². The van der Waals surface area contributed by atoms with Crippen molar-refractivity contribution in [2.45, 2.75) is 0 Å². The predicted octanol–water partition coefficient (Wildman–Crippen LogP) is 3.90. The largest absolute Gasteiger partial charge is 0.417 e. The Hall–Kier alpha value is -2.58. The van der Waals surface area contributed by atoms with Crippen molar-refractivity contribution >= 4 is 16.7 Å². The summed E-state index contributed by atoms with van der Waals surface area (Å²) < 4.78 is 98.4. The molecule has 0 amide bonds. The Bertz CT molecular complexity index is 830. The monoisotopic (exact) mass is 324 g/mol. The van der Waals surface area contributed by atoms with Gasteiger partial charge in [-0.3, -0.25) is 0 Å². The highest BCUT2D eigenvalue weighted by Gasteiger charge is 2.31. The van der Waals surface area contributed by atoms with Crippen molar-refractivity contribution in [1.82, 2.24) is 0 Å². The zero-order chi connectivity index (χ0) is 16.8. The minimum atomic E-state index is -2.45. The second-order valence-corrected chi connectivity index (χ2v) is 3.90. The van der Waals surface area contributed by atoms with E-state index in [1.165, 1.54) is 0 Å². The standard InChI is InChI=1S/C13H3F7O2/c1-2-3(21)22-13-9(17)5-4(8(16)12(13)20)6(14)10(18)11(19)7(5)15/h2H,1H2. The quantitative estimate of drug-likeness (QED) is 0.209. The first kappa shape index (κ1) is 15.8. The van der Waals surface area contributed by atoms with E-state index in [0.717, 1.165) is 0 Å². The number of halogens is 7. The van der Waals surface area contributed by atoms with Gasteiger partial charge in [0.05, 0.1) is 10.8 Å².